The molecule has 0 aliphatic carbocycles. The molecule has 1 amide bonds. The monoisotopic (exact) mass is 437 g/mol. The largest absolute Gasteiger partial charge is 0.573 e. The standard InChI is InChI=1S/C20H18F3N3O3S/c1-12(2)26-18(28)15-5-3-4-6-16(15)25-19(26)30-11-17(27)24-13-7-9-14(10-8-13)29-20(21,22)23/h3-10,12H,11H2,1-2H3,(H,24,27). The van der Waals surface area contributed by atoms with Gasteiger partial charge in [0, 0.05) is 11.7 Å². The summed E-state index contributed by atoms with van der Waals surface area (Å²) >= 11 is 1.11. The number of halogens is 3. The van der Waals surface area contributed by atoms with Crippen LogP contribution in [0.25, 0.3) is 10.9 Å². The van der Waals surface area contributed by atoms with Crippen LogP contribution in [0.15, 0.2) is 58.5 Å². The summed E-state index contributed by atoms with van der Waals surface area (Å²) in [6.45, 7) is 3.71. The van der Waals surface area contributed by atoms with Gasteiger partial charge in [-0.1, -0.05) is 23.9 Å². The maximum atomic E-state index is 12.8. The van der Waals surface area contributed by atoms with Gasteiger partial charge in [0.15, 0.2) is 5.16 Å². The smallest absolute Gasteiger partial charge is 0.406 e. The average molecular weight is 437 g/mol. The molecule has 0 aliphatic rings. The van der Waals surface area contributed by atoms with Crippen LogP contribution in [0.2, 0.25) is 0 Å². The molecule has 0 saturated heterocycles. The number of hydrogen-bond donors (Lipinski definition) is 1. The first-order chi connectivity index (χ1) is 14.1. The molecule has 0 aliphatic heterocycles. The number of para-hydroxylation sites is 1. The molecule has 1 heterocycles. The molecule has 6 nitrogen and oxygen atoms in total. The highest BCUT2D eigenvalue weighted by atomic mass is 32.2. The minimum absolute atomic E-state index is 0.0295. The van der Waals surface area contributed by atoms with Crippen LogP contribution in [0, 0.1) is 0 Å². The Morgan fingerprint density at radius 1 is 1.17 bits per heavy atom. The number of alkyl halides is 3. The molecule has 0 spiro atoms. The van der Waals surface area contributed by atoms with Gasteiger partial charge in [0.05, 0.1) is 16.7 Å². The van der Waals surface area contributed by atoms with Crippen LogP contribution in [0.3, 0.4) is 0 Å². The van der Waals surface area contributed by atoms with E-state index in [1.807, 2.05) is 13.8 Å². The van der Waals surface area contributed by atoms with E-state index in [2.05, 4.69) is 15.0 Å². The molecule has 2 aromatic carbocycles. The van der Waals surface area contributed by atoms with Crippen LogP contribution >= 0.6 is 11.8 Å². The third-order valence-corrected chi connectivity index (χ3v) is 4.95. The first-order valence-electron chi connectivity index (χ1n) is 8.94. The van der Waals surface area contributed by atoms with Crippen LogP contribution in [-0.2, 0) is 4.79 Å². The van der Waals surface area contributed by atoms with Gasteiger partial charge < -0.3 is 10.1 Å². The Balaban J connectivity index is 1.71. The van der Waals surface area contributed by atoms with Crippen LogP contribution in [0.4, 0.5) is 18.9 Å². The summed E-state index contributed by atoms with van der Waals surface area (Å²) in [5.74, 6) is -0.795. The van der Waals surface area contributed by atoms with Crippen LogP contribution in [-0.4, -0.2) is 27.6 Å². The maximum absolute atomic E-state index is 12.8. The Hall–Kier alpha value is -3.01. The quantitative estimate of drug-likeness (QED) is 0.451. The first kappa shape index (κ1) is 21.7. The predicted molar refractivity (Wildman–Crippen MR) is 109 cm³/mol. The lowest BCUT2D eigenvalue weighted by atomic mass is 10.2. The molecule has 10 heteroatoms. The lowest BCUT2D eigenvalue weighted by molar-refractivity contribution is -0.274. The minimum atomic E-state index is -4.78. The van der Waals surface area contributed by atoms with Crippen LogP contribution in [0.1, 0.15) is 19.9 Å². The fraction of sp³-hybridized carbons (Fsp3) is 0.250. The van der Waals surface area contributed by atoms with Crippen LogP contribution in [0.5, 0.6) is 5.75 Å². The van der Waals surface area contributed by atoms with Gasteiger partial charge in [-0.2, -0.15) is 0 Å². The zero-order valence-corrected chi connectivity index (χ0v) is 16.9. The van der Waals surface area contributed by atoms with E-state index in [0.717, 1.165) is 23.9 Å². The number of aromatic nitrogens is 2. The van der Waals surface area contributed by atoms with Crippen molar-refractivity contribution in [1.82, 2.24) is 9.55 Å². The molecule has 0 atom stereocenters. The highest BCUT2D eigenvalue weighted by molar-refractivity contribution is 7.99. The number of carbonyl (C=O) groups excluding carboxylic acids is 1. The van der Waals surface area contributed by atoms with E-state index < -0.39 is 6.36 Å². The molecule has 0 radical (unpaired) electrons. The Morgan fingerprint density at radius 3 is 2.47 bits per heavy atom. The Kier molecular flexibility index (Phi) is 6.35. The number of thioether (sulfide) groups is 1. The van der Waals surface area contributed by atoms with E-state index in [1.165, 1.54) is 16.7 Å². The average Bonchev–Trinajstić information content (AvgIpc) is 2.66. The molecule has 0 bridgehead atoms. The summed E-state index contributed by atoms with van der Waals surface area (Å²) in [4.78, 5) is 29.6. The van der Waals surface area contributed by atoms with Crippen molar-refractivity contribution in [2.45, 2.75) is 31.4 Å². The number of benzene rings is 2. The predicted octanol–water partition coefficient (Wildman–Crippen LogP) is 4.61. The molecule has 158 valence electrons. The fourth-order valence-electron chi connectivity index (χ4n) is 2.75. The van der Waals surface area contributed by atoms with Gasteiger partial charge in [0.25, 0.3) is 5.56 Å². The highest BCUT2D eigenvalue weighted by Gasteiger charge is 2.31. The molecule has 0 saturated carbocycles. The molecule has 0 unspecified atom stereocenters. The second-order valence-electron chi connectivity index (χ2n) is 6.59. The lowest BCUT2D eigenvalue weighted by Gasteiger charge is -2.16. The second kappa shape index (κ2) is 8.78. The summed E-state index contributed by atoms with van der Waals surface area (Å²) in [6, 6.07) is 11.7. The molecular formula is C20H18F3N3O3S. The maximum Gasteiger partial charge on any atom is 0.573 e. The topological polar surface area (TPSA) is 73.2 Å². The van der Waals surface area contributed by atoms with E-state index in [4.69, 9.17) is 0 Å². The zero-order valence-electron chi connectivity index (χ0n) is 16.1. The number of amides is 1. The number of anilines is 1. The number of nitrogens with one attached hydrogen (secondary N) is 1. The zero-order chi connectivity index (χ0) is 21.9. The lowest BCUT2D eigenvalue weighted by Crippen LogP contribution is -2.25. The SMILES string of the molecule is CC(C)n1c(SCC(=O)Nc2ccc(OC(F)(F)F)cc2)nc2ccccc2c1=O. The van der Waals surface area contributed by atoms with Gasteiger partial charge in [-0.05, 0) is 50.2 Å². The summed E-state index contributed by atoms with van der Waals surface area (Å²) in [6.07, 6.45) is -4.78. The van der Waals surface area contributed by atoms with Crippen molar-refractivity contribution >= 4 is 34.3 Å². The van der Waals surface area contributed by atoms with Crippen molar-refractivity contribution in [2.24, 2.45) is 0 Å². The van der Waals surface area contributed by atoms with E-state index in [0.29, 0.717) is 21.7 Å². The second-order valence-corrected chi connectivity index (χ2v) is 7.53. The fourth-order valence-corrected chi connectivity index (χ4v) is 3.68. The number of carbonyl (C=O) groups is 1. The number of hydrogen-bond acceptors (Lipinski definition) is 5. The van der Waals surface area contributed by atoms with Gasteiger partial charge in [-0.3, -0.25) is 14.2 Å². The van der Waals surface area contributed by atoms with Crippen molar-refractivity contribution in [3.05, 3.63) is 58.9 Å². The van der Waals surface area contributed by atoms with Gasteiger partial charge in [-0.15, -0.1) is 13.2 Å². The Morgan fingerprint density at radius 2 is 1.83 bits per heavy atom. The number of fused-ring (bicyclic) bond motifs is 1. The van der Waals surface area contributed by atoms with Gasteiger partial charge in [0.2, 0.25) is 5.91 Å². The third kappa shape index (κ3) is 5.32. The third-order valence-electron chi connectivity index (χ3n) is 4.00. The van der Waals surface area contributed by atoms with Crippen LogP contribution < -0.4 is 15.6 Å². The molecule has 1 N–H and O–H groups in total. The van der Waals surface area contributed by atoms with E-state index >= 15 is 0 Å². The highest BCUT2D eigenvalue weighted by Crippen LogP contribution is 2.25. The first-order valence-corrected chi connectivity index (χ1v) is 9.92. The molecule has 1 aromatic heterocycles. The molecular weight excluding hydrogens is 419 g/mol. The Bertz CT molecular complexity index is 1110. The Labute approximate surface area is 174 Å². The number of rotatable bonds is 6. The van der Waals surface area contributed by atoms with Crippen molar-refractivity contribution in [1.29, 1.82) is 0 Å². The van der Waals surface area contributed by atoms with Crippen molar-refractivity contribution in [3.8, 4) is 5.75 Å². The molecule has 30 heavy (non-hydrogen) atoms. The van der Waals surface area contributed by atoms with E-state index in [1.54, 1.807) is 24.3 Å². The van der Waals surface area contributed by atoms with Gasteiger partial charge in [0.1, 0.15) is 5.75 Å². The van der Waals surface area contributed by atoms with E-state index in [9.17, 15) is 22.8 Å². The normalized spacial score (nSPS) is 11.7. The van der Waals surface area contributed by atoms with Crippen molar-refractivity contribution in [2.75, 3.05) is 11.1 Å². The minimum Gasteiger partial charge on any atom is -0.406 e. The molecule has 3 rings (SSSR count). The molecule has 0 fully saturated rings. The van der Waals surface area contributed by atoms with Crippen molar-refractivity contribution < 1.29 is 22.7 Å². The summed E-state index contributed by atoms with van der Waals surface area (Å²) in [5.41, 5.74) is 0.684. The van der Waals surface area contributed by atoms with Gasteiger partial charge in [-0.25, -0.2) is 4.98 Å². The number of nitrogens with zero attached hydrogens (tertiary/aromatic N) is 2. The number of ether oxygens (including phenoxy) is 1. The summed E-state index contributed by atoms with van der Waals surface area (Å²) in [5, 5.41) is 3.51. The van der Waals surface area contributed by atoms with E-state index in [-0.39, 0.29) is 29.0 Å². The summed E-state index contributed by atoms with van der Waals surface area (Å²) < 4.78 is 41.9. The van der Waals surface area contributed by atoms with Gasteiger partial charge >= 0.3 is 6.36 Å². The summed E-state index contributed by atoms with van der Waals surface area (Å²) in [7, 11) is 0. The molecule has 3 aromatic rings. The van der Waals surface area contributed by atoms with Crippen molar-refractivity contribution in [3.63, 3.8) is 0 Å².